The Bertz CT molecular complexity index is 974. The Balaban J connectivity index is 2.33. The summed E-state index contributed by atoms with van der Waals surface area (Å²) in [6.45, 7) is 15.2. The molecule has 0 spiro atoms. The van der Waals surface area contributed by atoms with Gasteiger partial charge in [0.1, 0.15) is 18.3 Å². The highest BCUT2D eigenvalue weighted by atomic mass is 28.4. The molecule has 1 aromatic rings. The molecule has 0 amide bonds. The zero-order valence-electron chi connectivity index (χ0n) is 21.3. The van der Waals surface area contributed by atoms with Crippen LogP contribution in [0.15, 0.2) is 15.8 Å². The Kier molecular flexibility index (Phi) is 9.02. The van der Waals surface area contributed by atoms with E-state index in [9.17, 15) is 24.3 Å². The molecule has 194 valence electrons. The molecule has 1 aliphatic rings. The van der Waals surface area contributed by atoms with Crippen molar-refractivity contribution in [3.63, 3.8) is 0 Å². The summed E-state index contributed by atoms with van der Waals surface area (Å²) in [5.41, 5.74) is -2.00. The summed E-state index contributed by atoms with van der Waals surface area (Å²) in [4.78, 5) is 49.9. The van der Waals surface area contributed by atoms with Gasteiger partial charge in [-0.3, -0.25) is 19.1 Å². The van der Waals surface area contributed by atoms with Gasteiger partial charge >= 0.3 is 14.3 Å². The molecule has 4 N–H and O–H groups in total. The second-order valence-corrected chi connectivity index (χ2v) is 18.7. The van der Waals surface area contributed by atoms with Gasteiger partial charge in [0.05, 0.1) is 12.2 Å². The fourth-order valence-electron chi connectivity index (χ4n) is 3.48. The van der Waals surface area contributed by atoms with E-state index in [0.717, 1.165) is 10.8 Å². The van der Waals surface area contributed by atoms with Crippen LogP contribution in [0.1, 0.15) is 43.8 Å². The van der Waals surface area contributed by atoms with Crippen LogP contribution in [0.3, 0.4) is 0 Å². The van der Waals surface area contributed by atoms with Gasteiger partial charge in [-0.15, -0.1) is 0 Å². The van der Waals surface area contributed by atoms with Crippen molar-refractivity contribution in [2.45, 2.75) is 90.0 Å². The third kappa shape index (κ3) is 8.34. The average molecular weight is 518 g/mol. The van der Waals surface area contributed by atoms with E-state index in [2.05, 4.69) is 10.3 Å². The van der Waals surface area contributed by atoms with Gasteiger partial charge in [0, 0.05) is 24.7 Å². The zero-order chi connectivity index (χ0) is 26.1. The molecule has 2 unspecified atom stereocenters. The van der Waals surface area contributed by atoms with Crippen LogP contribution in [0.2, 0.25) is 32.7 Å². The largest absolute Gasteiger partial charge is 0.411 e. The average Bonchev–Trinajstić information content (AvgIpc) is 2.93. The van der Waals surface area contributed by atoms with E-state index in [1.165, 1.54) is 0 Å². The number of ether oxygens (including phenoxy) is 1. The Labute approximate surface area is 201 Å². The van der Waals surface area contributed by atoms with Crippen molar-refractivity contribution >= 4 is 22.7 Å². The molecule has 13 heteroatoms. The van der Waals surface area contributed by atoms with E-state index >= 15 is 0 Å². The lowest BCUT2D eigenvalue weighted by molar-refractivity contribution is -0.0542. The van der Waals surface area contributed by atoms with Gasteiger partial charge in [-0.25, -0.2) is 4.79 Å². The molecule has 2 heterocycles. The minimum atomic E-state index is -2.88. The van der Waals surface area contributed by atoms with Gasteiger partial charge in [0.15, 0.2) is 20.3 Å². The summed E-state index contributed by atoms with van der Waals surface area (Å²) in [5, 5.41) is 14.2. The molecule has 0 saturated carbocycles. The van der Waals surface area contributed by atoms with Crippen molar-refractivity contribution in [2.75, 3.05) is 13.2 Å². The molecule has 0 radical (unpaired) electrons. The van der Waals surface area contributed by atoms with E-state index in [1.54, 1.807) is 13.1 Å². The van der Waals surface area contributed by atoms with Crippen molar-refractivity contribution in [3.05, 3.63) is 32.6 Å². The van der Waals surface area contributed by atoms with E-state index in [-0.39, 0.29) is 24.1 Å². The van der Waals surface area contributed by atoms with E-state index in [4.69, 9.17) is 13.6 Å². The molecular weight excluding hydrogens is 478 g/mol. The van der Waals surface area contributed by atoms with E-state index in [0.29, 0.717) is 6.54 Å². The predicted molar refractivity (Wildman–Crippen MR) is 132 cm³/mol. The molecule has 11 nitrogen and oxygen atoms in total. The number of nitrogens with zero attached hydrogens (tertiary/aromatic N) is 1. The van der Waals surface area contributed by atoms with Crippen LogP contribution in [0.4, 0.5) is 0 Å². The van der Waals surface area contributed by atoms with E-state index < -0.39 is 58.5 Å². The molecule has 1 aliphatic heterocycles. The minimum absolute atomic E-state index is 0.0409. The topological polar surface area (TPSA) is 152 Å². The maximum atomic E-state index is 12.7. The number of aromatic nitrogens is 2. The number of hydrogen-bond acceptors (Lipinski definition) is 9. The lowest BCUT2D eigenvalue weighted by atomic mass is 10.1. The van der Waals surface area contributed by atoms with Gasteiger partial charge in [-0.05, 0) is 53.5 Å². The number of Topliss-reactive ketones (excluding diaryl/α,β-unsaturated/α-hetero) is 1. The summed E-state index contributed by atoms with van der Waals surface area (Å²) in [7, 11) is -5.02. The molecule has 1 aromatic heterocycles. The normalized spacial score (nSPS) is 23.9. The maximum absolute atomic E-state index is 12.7. The number of hydrogen-bond donors (Lipinski definition) is 4. The predicted octanol–water partition coefficient (Wildman–Crippen LogP) is 0.687. The molecule has 1 saturated heterocycles. The van der Waals surface area contributed by atoms with Gasteiger partial charge in [0.2, 0.25) is 0 Å². The van der Waals surface area contributed by atoms with Gasteiger partial charge in [0.25, 0.3) is 5.56 Å². The van der Waals surface area contributed by atoms with Crippen LogP contribution >= 0.6 is 0 Å². The van der Waals surface area contributed by atoms with Crippen molar-refractivity contribution in [2.24, 2.45) is 0 Å². The summed E-state index contributed by atoms with van der Waals surface area (Å²) in [6.07, 6.45) is -2.86. The molecule has 0 aliphatic carbocycles. The number of carbonyl (C=O) groups excluding carboxylic acids is 1. The minimum Gasteiger partial charge on any atom is -0.411 e. The Hall–Kier alpha value is -1.46. The number of carbonyl (C=O) groups is 1. The molecule has 2 rings (SSSR count). The molecule has 0 aromatic carbocycles. The number of aliphatic hydroxyl groups excluding tert-OH is 1. The summed E-state index contributed by atoms with van der Waals surface area (Å²) in [5.74, 6) is -0.443. The highest BCUT2D eigenvalue weighted by molar-refractivity contribution is 6.69. The lowest BCUT2D eigenvalue weighted by Crippen LogP contribution is -2.46. The summed E-state index contributed by atoms with van der Waals surface area (Å²) >= 11 is 0. The van der Waals surface area contributed by atoms with Crippen molar-refractivity contribution < 1.29 is 28.3 Å². The zero-order valence-corrected chi connectivity index (χ0v) is 23.3. The Morgan fingerprint density at radius 2 is 1.85 bits per heavy atom. The van der Waals surface area contributed by atoms with Gasteiger partial charge in [-0.2, -0.15) is 0 Å². The Morgan fingerprint density at radius 1 is 1.24 bits per heavy atom. The van der Waals surface area contributed by atoms with E-state index in [1.807, 2.05) is 40.4 Å². The third-order valence-corrected chi connectivity index (χ3v) is 6.80. The molecule has 4 atom stereocenters. The fraction of sp³-hybridized carbons (Fsp3) is 0.762. The standard InChI is InChI=1S/C21H39N3O8Si2/c1-21(2,3)22-10-9-14(25)13-11-24(20(28)23-18(13)27)19-16(26)17(32-33(4,5)6)15(31-19)12-30-34(7,8)29/h11,15-17,19,22,26,29H,9-10,12H2,1-8H3,(H,23,27,28)/t15-,16?,17?,19-/m1/s1. The molecule has 0 bridgehead atoms. The van der Waals surface area contributed by atoms with Gasteiger partial charge in [-0.1, -0.05) is 0 Å². The number of rotatable bonds is 10. The number of H-pyrrole nitrogens is 1. The van der Waals surface area contributed by atoms with Crippen molar-refractivity contribution in [1.29, 1.82) is 0 Å². The van der Waals surface area contributed by atoms with Crippen LogP contribution in [-0.4, -0.2) is 79.1 Å². The smallest absolute Gasteiger partial charge is 0.330 e. The first-order valence-corrected chi connectivity index (χ1v) is 17.7. The van der Waals surface area contributed by atoms with Crippen LogP contribution in [-0.2, 0) is 13.6 Å². The van der Waals surface area contributed by atoms with Crippen molar-refractivity contribution in [1.82, 2.24) is 14.9 Å². The monoisotopic (exact) mass is 517 g/mol. The number of aromatic amines is 1. The molecule has 34 heavy (non-hydrogen) atoms. The SMILES string of the molecule is CC(C)(C)NCCC(=O)c1cn([C@@H]2O[C@H](CO[Si](C)(C)O)C(O[Si](C)(C)C)C2O)c(=O)[nH]c1=O. The number of aliphatic hydroxyl groups is 1. The quantitative estimate of drug-likeness (QED) is 0.259. The lowest BCUT2D eigenvalue weighted by Gasteiger charge is -2.29. The first-order chi connectivity index (χ1) is 15.4. The summed E-state index contributed by atoms with van der Waals surface area (Å²) in [6, 6.07) is 0. The molecule has 1 fully saturated rings. The highest BCUT2D eigenvalue weighted by Gasteiger charge is 2.48. The summed E-state index contributed by atoms with van der Waals surface area (Å²) < 4.78 is 18.6. The van der Waals surface area contributed by atoms with Crippen LogP contribution < -0.4 is 16.6 Å². The third-order valence-electron chi connectivity index (χ3n) is 4.95. The number of nitrogens with one attached hydrogen (secondary N) is 2. The maximum Gasteiger partial charge on any atom is 0.330 e. The second kappa shape index (κ2) is 10.7. The first-order valence-electron chi connectivity index (χ1n) is 11.4. The first kappa shape index (κ1) is 28.8. The van der Waals surface area contributed by atoms with Crippen LogP contribution in [0.25, 0.3) is 0 Å². The second-order valence-electron chi connectivity index (χ2n) is 11.1. The highest BCUT2D eigenvalue weighted by Crippen LogP contribution is 2.33. The molecular formula is C21H39N3O8Si2. The fourth-order valence-corrected chi connectivity index (χ4v) is 5.16. The Morgan fingerprint density at radius 3 is 2.38 bits per heavy atom. The van der Waals surface area contributed by atoms with Crippen LogP contribution in [0, 0.1) is 0 Å². The van der Waals surface area contributed by atoms with Crippen molar-refractivity contribution in [3.8, 4) is 0 Å². The number of ketones is 1. The van der Waals surface area contributed by atoms with Gasteiger partial charge < -0.3 is 28.8 Å². The van der Waals surface area contributed by atoms with Crippen LogP contribution in [0.5, 0.6) is 0 Å².